The fourth-order valence-corrected chi connectivity index (χ4v) is 3.86. The number of anilines is 2. The number of para-hydroxylation sites is 4. The van der Waals surface area contributed by atoms with E-state index in [2.05, 4.69) is 58.0 Å². The van der Waals surface area contributed by atoms with Crippen LogP contribution in [0, 0.1) is 0 Å². The van der Waals surface area contributed by atoms with Gasteiger partial charge in [0.05, 0.1) is 13.2 Å². The van der Waals surface area contributed by atoms with Crippen LogP contribution in [0.3, 0.4) is 0 Å². The van der Waals surface area contributed by atoms with E-state index in [4.69, 9.17) is 9.47 Å². The second kappa shape index (κ2) is 12.2. The highest BCUT2D eigenvalue weighted by atomic mass is 16.5. The molecule has 35 heavy (non-hydrogen) atoms. The van der Waals surface area contributed by atoms with Crippen LogP contribution in [0.1, 0.15) is 13.8 Å². The van der Waals surface area contributed by atoms with Gasteiger partial charge in [0.2, 0.25) is 17.3 Å². The Morgan fingerprint density at radius 2 is 1.00 bits per heavy atom. The van der Waals surface area contributed by atoms with Crippen molar-refractivity contribution in [3.63, 3.8) is 0 Å². The molecule has 4 heteroatoms. The van der Waals surface area contributed by atoms with Gasteiger partial charge in [-0.3, -0.25) is 4.90 Å². The molecule has 0 spiro atoms. The zero-order valence-corrected chi connectivity index (χ0v) is 20.2. The predicted octanol–water partition coefficient (Wildman–Crippen LogP) is 7.67. The summed E-state index contributed by atoms with van der Waals surface area (Å²) in [7, 11) is 0. The third-order valence-corrected chi connectivity index (χ3v) is 5.33. The van der Waals surface area contributed by atoms with Crippen LogP contribution in [0.4, 0.5) is 22.7 Å². The van der Waals surface area contributed by atoms with Crippen molar-refractivity contribution >= 4 is 28.6 Å². The molecule has 4 rings (SSSR count). The molecule has 0 aliphatic rings. The van der Waals surface area contributed by atoms with Crippen LogP contribution in [0.15, 0.2) is 133 Å². The quantitative estimate of drug-likeness (QED) is 0.110. The lowest BCUT2D eigenvalue weighted by Gasteiger charge is -2.27. The molecular formula is C31H31N2O2+. The highest BCUT2D eigenvalue weighted by Gasteiger charge is 2.24. The van der Waals surface area contributed by atoms with E-state index in [1.54, 1.807) is 0 Å². The molecule has 4 aromatic carbocycles. The average Bonchev–Trinajstić information content (AvgIpc) is 2.92. The van der Waals surface area contributed by atoms with Crippen molar-refractivity contribution in [3.05, 3.63) is 133 Å². The van der Waals surface area contributed by atoms with Gasteiger partial charge in [-0.15, -0.1) is 4.58 Å². The average molecular weight is 464 g/mol. The molecule has 0 aromatic heterocycles. The Morgan fingerprint density at radius 1 is 0.600 bits per heavy atom. The van der Waals surface area contributed by atoms with Gasteiger partial charge < -0.3 is 9.47 Å². The van der Waals surface area contributed by atoms with Crippen molar-refractivity contribution in [2.24, 2.45) is 0 Å². The molecule has 4 aromatic rings. The zero-order valence-electron chi connectivity index (χ0n) is 20.2. The fourth-order valence-electron chi connectivity index (χ4n) is 3.86. The number of ether oxygens (including phenoxy) is 2. The molecule has 176 valence electrons. The topological polar surface area (TPSA) is 24.7 Å². The Labute approximate surface area is 208 Å². The van der Waals surface area contributed by atoms with Crippen molar-refractivity contribution in [2.45, 2.75) is 13.8 Å². The van der Waals surface area contributed by atoms with Gasteiger partial charge in [-0.1, -0.05) is 72.8 Å². The third-order valence-electron chi connectivity index (χ3n) is 5.33. The van der Waals surface area contributed by atoms with Gasteiger partial charge in [-0.25, -0.2) is 0 Å². The molecule has 0 saturated heterocycles. The molecular weight excluding hydrogens is 432 g/mol. The van der Waals surface area contributed by atoms with E-state index in [1.807, 2.05) is 92.7 Å². The second-order valence-corrected chi connectivity index (χ2v) is 7.70. The lowest BCUT2D eigenvalue weighted by molar-refractivity contribution is 0.224. The van der Waals surface area contributed by atoms with Crippen LogP contribution in [-0.2, 0) is 9.47 Å². The van der Waals surface area contributed by atoms with Gasteiger partial charge >= 0.3 is 5.90 Å². The van der Waals surface area contributed by atoms with Gasteiger partial charge in [0.25, 0.3) is 0 Å². The van der Waals surface area contributed by atoms with Gasteiger partial charge in [0.15, 0.2) is 0 Å². The second-order valence-electron chi connectivity index (χ2n) is 7.70. The number of benzene rings is 4. The van der Waals surface area contributed by atoms with Crippen molar-refractivity contribution in [1.82, 2.24) is 4.58 Å². The van der Waals surface area contributed by atoms with Crippen LogP contribution < -0.4 is 9.48 Å². The van der Waals surface area contributed by atoms with E-state index >= 15 is 0 Å². The Balaban J connectivity index is 1.96. The van der Waals surface area contributed by atoms with Crippen molar-refractivity contribution in [1.29, 1.82) is 0 Å². The molecule has 0 fully saturated rings. The molecule has 0 aliphatic heterocycles. The van der Waals surface area contributed by atoms with Crippen LogP contribution in [0.5, 0.6) is 0 Å². The van der Waals surface area contributed by atoms with Crippen molar-refractivity contribution < 1.29 is 9.47 Å². The Morgan fingerprint density at radius 3 is 1.40 bits per heavy atom. The Bertz CT molecular complexity index is 1160. The van der Waals surface area contributed by atoms with Gasteiger partial charge in [-0.05, 0) is 38.1 Å². The molecule has 0 atom stereocenters. The summed E-state index contributed by atoms with van der Waals surface area (Å²) in [6, 6.07) is 40.9. The van der Waals surface area contributed by atoms with E-state index in [9.17, 15) is 0 Å². The molecule has 0 amide bonds. The van der Waals surface area contributed by atoms with Crippen molar-refractivity contribution in [3.8, 4) is 0 Å². The normalized spacial score (nSPS) is 11.0. The van der Waals surface area contributed by atoms with Gasteiger partial charge in [0, 0.05) is 35.6 Å². The predicted molar refractivity (Wildman–Crippen MR) is 146 cm³/mol. The summed E-state index contributed by atoms with van der Waals surface area (Å²) in [5.41, 5.74) is 4.00. The molecule has 0 aliphatic carbocycles. The lowest BCUT2D eigenvalue weighted by Crippen LogP contribution is -2.24. The highest BCUT2D eigenvalue weighted by Crippen LogP contribution is 2.30. The van der Waals surface area contributed by atoms with Crippen LogP contribution in [0.25, 0.3) is 0 Å². The maximum Gasteiger partial charge on any atom is 0.379 e. The SMILES string of the molecule is CCOC(/C=C(/OCC)N(c1ccccc1)c1ccccc1)=[N+](c1ccccc1)c1ccccc1. The minimum atomic E-state index is 0.512. The van der Waals surface area contributed by atoms with E-state index < -0.39 is 0 Å². The summed E-state index contributed by atoms with van der Waals surface area (Å²) in [4.78, 5) is 2.11. The summed E-state index contributed by atoms with van der Waals surface area (Å²) in [6.45, 7) is 5.01. The Hall–Kier alpha value is -4.31. The number of hydrogen-bond donors (Lipinski definition) is 0. The molecule has 0 radical (unpaired) electrons. The molecule has 0 saturated carbocycles. The first kappa shape index (κ1) is 23.8. The summed E-state index contributed by atoms with van der Waals surface area (Å²) in [5.74, 6) is 1.34. The molecule has 0 bridgehead atoms. The van der Waals surface area contributed by atoms with E-state index in [1.165, 1.54) is 0 Å². The standard InChI is InChI=1S/C31H31N2O2/c1-3-34-30(32(26-17-9-5-10-18-26)27-19-11-6-12-20-27)25-31(35-4-2)33(28-21-13-7-14-22-28)29-23-15-8-16-24-29/h5-25H,3-4H2,1-2H3/q+1. The van der Waals surface area contributed by atoms with E-state index in [-0.39, 0.29) is 0 Å². The van der Waals surface area contributed by atoms with Crippen LogP contribution >= 0.6 is 0 Å². The molecule has 0 heterocycles. The maximum atomic E-state index is 6.27. The number of rotatable bonds is 9. The van der Waals surface area contributed by atoms with E-state index in [0.29, 0.717) is 25.0 Å². The summed E-state index contributed by atoms with van der Waals surface area (Å²) in [5, 5.41) is 0. The first-order chi connectivity index (χ1) is 17.3. The molecule has 4 nitrogen and oxygen atoms in total. The lowest BCUT2D eigenvalue weighted by atomic mass is 10.2. The first-order valence-electron chi connectivity index (χ1n) is 12.0. The van der Waals surface area contributed by atoms with Crippen LogP contribution in [-0.4, -0.2) is 19.1 Å². The summed E-state index contributed by atoms with van der Waals surface area (Å²) < 4.78 is 14.7. The minimum Gasteiger partial charge on any atom is -0.479 e. The third kappa shape index (κ3) is 5.98. The molecule has 0 N–H and O–H groups in total. The summed E-state index contributed by atoms with van der Waals surface area (Å²) in [6.07, 6.45) is 1.98. The van der Waals surface area contributed by atoms with Gasteiger partial charge in [0.1, 0.15) is 6.08 Å². The molecule has 0 unspecified atom stereocenters. The summed E-state index contributed by atoms with van der Waals surface area (Å²) >= 11 is 0. The van der Waals surface area contributed by atoms with Crippen molar-refractivity contribution in [2.75, 3.05) is 18.1 Å². The number of nitrogens with zero attached hydrogens (tertiary/aromatic N) is 2. The van der Waals surface area contributed by atoms with E-state index in [0.717, 1.165) is 22.7 Å². The van der Waals surface area contributed by atoms with Gasteiger partial charge in [-0.2, -0.15) is 0 Å². The highest BCUT2D eigenvalue weighted by molar-refractivity contribution is 5.94. The maximum absolute atomic E-state index is 6.27. The monoisotopic (exact) mass is 463 g/mol. The largest absolute Gasteiger partial charge is 0.479 e. The smallest absolute Gasteiger partial charge is 0.379 e. The fraction of sp³-hybridized carbons (Fsp3) is 0.129. The van der Waals surface area contributed by atoms with Crippen LogP contribution in [0.2, 0.25) is 0 Å². The minimum absolute atomic E-state index is 0.512. The Kier molecular flexibility index (Phi) is 8.33. The zero-order chi connectivity index (χ0) is 24.3. The first-order valence-corrected chi connectivity index (χ1v) is 12.0. The number of hydrogen-bond acceptors (Lipinski definition) is 3.